The van der Waals surface area contributed by atoms with E-state index in [2.05, 4.69) is 5.16 Å². The zero-order valence-electron chi connectivity index (χ0n) is 10.9. The Labute approximate surface area is 107 Å². The molecule has 2 rings (SSSR count). The minimum Gasteiger partial charge on any atom is -0.491 e. The van der Waals surface area contributed by atoms with Gasteiger partial charge in [-0.05, 0) is 32.9 Å². The minimum absolute atomic E-state index is 0.150. The summed E-state index contributed by atoms with van der Waals surface area (Å²) >= 11 is 0. The van der Waals surface area contributed by atoms with Gasteiger partial charge in [0.05, 0.1) is 12.1 Å². The van der Waals surface area contributed by atoms with Gasteiger partial charge in [0.1, 0.15) is 11.4 Å². The molecule has 96 valence electrons. The van der Waals surface area contributed by atoms with Crippen LogP contribution in [-0.4, -0.2) is 11.3 Å². The third-order valence-electron chi connectivity index (χ3n) is 2.48. The van der Waals surface area contributed by atoms with Gasteiger partial charge in [-0.25, -0.2) is 0 Å². The van der Waals surface area contributed by atoms with E-state index in [1.165, 1.54) is 0 Å². The van der Waals surface area contributed by atoms with Crippen LogP contribution in [0.25, 0.3) is 11.3 Å². The summed E-state index contributed by atoms with van der Waals surface area (Å²) in [5.74, 6) is 1.51. The molecule has 0 spiro atoms. The van der Waals surface area contributed by atoms with Crippen LogP contribution in [0.3, 0.4) is 0 Å². The smallest absolute Gasteiger partial charge is 0.153 e. The van der Waals surface area contributed by atoms with Crippen LogP contribution in [0.4, 0.5) is 0 Å². The Morgan fingerprint density at radius 1 is 1.22 bits per heavy atom. The number of ether oxygens (including phenoxy) is 1. The summed E-state index contributed by atoms with van der Waals surface area (Å²) in [5, 5.41) is 4.02. The van der Waals surface area contributed by atoms with Gasteiger partial charge in [0.15, 0.2) is 5.76 Å². The van der Waals surface area contributed by atoms with E-state index < -0.39 is 0 Å². The zero-order valence-corrected chi connectivity index (χ0v) is 10.9. The molecule has 1 atom stereocenters. The summed E-state index contributed by atoms with van der Waals surface area (Å²) in [6, 6.07) is 9.49. The standard InChI is InChI=1S/C14H18N2O2/c1-9(2)17-12-6-4-5-11(7-12)13-8-14(10(3)15)18-16-13/h4-10H,15H2,1-3H3. The van der Waals surface area contributed by atoms with Crippen molar-refractivity contribution in [2.45, 2.75) is 32.9 Å². The van der Waals surface area contributed by atoms with Gasteiger partial charge in [-0.2, -0.15) is 0 Å². The maximum atomic E-state index is 5.74. The maximum Gasteiger partial charge on any atom is 0.153 e. The van der Waals surface area contributed by atoms with Crippen molar-refractivity contribution >= 4 is 0 Å². The van der Waals surface area contributed by atoms with Crippen molar-refractivity contribution in [2.75, 3.05) is 0 Å². The minimum atomic E-state index is -0.152. The summed E-state index contributed by atoms with van der Waals surface area (Å²) in [7, 11) is 0. The van der Waals surface area contributed by atoms with Crippen molar-refractivity contribution in [2.24, 2.45) is 5.73 Å². The second-order valence-corrected chi connectivity index (χ2v) is 4.60. The van der Waals surface area contributed by atoms with Crippen LogP contribution in [0.2, 0.25) is 0 Å². The van der Waals surface area contributed by atoms with Gasteiger partial charge < -0.3 is 15.0 Å². The van der Waals surface area contributed by atoms with Gasteiger partial charge in [-0.15, -0.1) is 0 Å². The summed E-state index contributed by atoms with van der Waals surface area (Å²) in [5.41, 5.74) is 7.48. The first kappa shape index (κ1) is 12.6. The molecule has 1 heterocycles. The normalized spacial score (nSPS) is 12.7. The largest absolute Gasteiger partial charge is 0.491 e. The molecular formula is C14H18N2O2. The van der Waals surface area contributed by atoms with E-state index in [1.54, 1.807) is 0 Å². The fraction of sp³-hybridized carbons (Fsp3) is 0.357. The fourth-order valence-electron chi connectivity index (χ4n) is 1.64. The van der Waals surface area contributed by atoms with Gasteiger partial charge >= 0.3 is 0 Å². The first-order valence-electron chi connectivity index (χ1n) is 6.05. The Morgan fingerprint density at radius 2 is 2.00 bits per heavy atom. The number of hydrogen-bond acceptors (Lipinski definition) is 4. The van der Waals surface area contributed by atoms with Crippen molar-refractivity contribution in [3.8, 4) is 17.0 Å². The van der Waals surface area contributed by atoms with E-state index in [-0.39, 0.29) is 12.1 Å². The molecule has 1 aromatic heterocycles. The molecule has 1 unspecified atom stereocenters. The molecule has 0 amide bonds. The number of nitrogens with two attached hydrogens (primary N) is 1. The molecule has 0 aliphatic rings. The van der Waals surface area contributed by atoms with Crippen molar-refractivity contribution in [3.05, 3.63) is 36.1 Å². The van der Waals surface area contributed by atoms with Crippen LogP contribution in [0.15, 0.2) is 34.9 Å². The molecule has 18 heavy (non-hydrogen) atoms. The van der Waals surface area contributed by atoms with E-state index in [1.807, 2.05) is 51.1 Å². The lowest BCUT2D eigenvalue weighted by molar-refractivity contribution is 0.242. The molecule has 2 N–H and O–H groups in total. The number of rotatable bonds is 4. The Morgan fingerprint density at radius 3 is 2.61 bits per heavy atom. The Hall–Kier alpha value is -1.81. The van der Waals surface area contributed by atoms with Gasteiger partial charge in [-0.1, -0.05) is 17.3 Å². The molecular weight excluding hydrogens is 228 g/mol. The maximum absolute atomic E-state index is 5.74. The third-order valence-corrected chi connectivity index (χ3v) is 2.48. The molecule has 0 aliphatic carbocycles. The van der Waals surface area contributed by atoms with Crippen LogP contribution in [-0.2, 0) is 0 Å². The Kier molecular flexibility index (Phi) is 3.67. The molecule has 0 fully saturated rings. The lowest BCUT2D eigenvalue weighted by Crippen LogP contribution is -2.05. The second-order valence-electron chi connectivity index (χ2n) is 4.60. The highest BCUT2D eigenvalue weighted by Gasteiger charge is 2.10. The molecule has 2 aromatic rings. The van der Waals surface area contributed by atoms with Gasteiger partial charge in [0.25, 0.3) is 0 Å². The number of nitrogens with zero attached hydrogens (tertiary/aromatic N) is 1. The number of benzene rings is 1. The molecule has 0 saturated carbocycles. The summed E-state index contributed by atoms with van der Waals surface area (Å²) in [6.45, 7) is 5.86. The highest BCUT2D eigenvalue weighted by atomic mass is 16.5. The lowest BCUT2D eigenvalue weighted by atomic mass is 10.1. The summed E-state index contributed by atoms with van der Waals surface area (Å²) < 4.78 is 10.8. The van der Waals surface area contributed by atoms with Gasteiger partial charge in [0, 0.05) is 11.6 Å². The average molecular weight is 246 g/mol. The quantitative estimate of drug-likeness (QED) is 0.900. The zero-order chi connectivity index (χ0) is 13.1. The highest BCUT2D eigenvalue weighted by Crippen LogP contribution is 2.25. The van der Waals surface area contributed by atoms with Gasteiger partial charge in [0.2, 0.25) is 0 Å². The van der Waals surface area contributed by atoms with Crippen LogP contribution < -0.4 is 10.5 Å². The molecule has 1 aromatic carbocycles. The van der Waals surface area contributed by atoms with Crippen molar-refractivity contribution in [1.82, 2.24) is 5.16 Å². The van der Waals surface area contributed by atoms with Crippen molar-refractivity contribution in [1.29, 1.82) is 0 Å². The second kappa shape index (κ2) is 5.23. The fourth-order valence-corrected chi connectivity index (χ4v) is 1.64. The molecule has 0 radical (unpaired) electrons. The van der Waals surface area contributed by atoms with E-state index in [0.717, 1.165) is 17.0 Å². The van der Waals surface area contributed by atoms with Crippen LogP contribution in [0.5, 0.6) is 5.75 Å². The van der Waals surface area contributed by atoms with Crippen LogP contribution in [0, 0.1) is 0 Å². The molecule has 0 saturated heterocycles. The molecule has 0 aliphatic heterocycles. The van der Waals surface area contributed by atoms with E-state index in [0.29, 0.717) is 5.76 Å². The molecule has 4 nitrogen and oxygen atoms in total. The monoisotopic (exact) mass is 246 g/mol. The SMILES string of the molecule is CC(C)Oc1cccc(-c2cc(C(C)N)on2)c1. The lowest BCUT2D eigenvalue weighted by Gasteiger charge is -2.09. The highest BCUT2D eigenvalue weighted by molar-refractivity contribution is 5.61. The molecule has 0 bridgehead atoms. The Bertz CT molecular complexity index is 518. The topological polar surface area (TPSA) is 61.3 Å². The van der Waals surface area contributed by atoms with E-state index in [4.69, 9.17) is 15.0 Å². The Balaban J connectivity index is 2.26. The number of hydrogen-bond donors (Lipinski definition) is 1. The average Bonchev–Trinajstić information content (AvgIpc) is 2.77. The first-order valence-corrected chi connectivity index (χ1v) is 6.05. The van der Waals surface area contributed by atoms with E-state index >= 15 is 0 Å². The number of aromatic nitrogens is 1. The van der Waals surface area contributed by atoms with E-state index in [9.17, 15) is 0 Å². The predicted octanol–water partition coefficient (Wildman–Crippen LogP) is 3.15. The van der Waals surface area contributed by atoms with Gasteiger partial charge in [-0.3, -0.25) is 0 Å². The van der Waals surface area contributed by atoms with Crippen LogP contribution in [0.1, 0.15) is 32.6 Å². The van der Waals surface area contributed by atoms with Crippen LogP contribution >= 0.6 is 0 Å². The first-order chi connectivity index (χ1) is 8.56. The van der Waals surface area contributed by atoms with Crippen molar-refractivity contribution in [3.63, 3.8) is 0 Å². The molecule has 4 heteroatoms. The van der Waals surface area contributed by atoms with Crippen molar-refractivity contribution < 1.29 is 9.26 Å². The predicted molar refractivity (Wildman–Crippen MR) is 70.3 cm³/mol. The summed E-state index contributed by atoms with van der Waals surface area (Å²) in [4.78, 5) is 0. The third kappa shape index (κ3) is 2.90. The summed E-state index contributed by atoms with van der Waals surface area (Å²) in [6.07, 6.45) is 0.150.